The lowest BCUT2D eigenvalue weighted by Crippen LogP contribution is -2.49. The molecule has 6 nitrogen and oxygen atoms in total. The number of amides is 1. The molecule has 1 amide bonds. The van der Waals surface area contributed by atoms with E-state index < -0.39 is 12.1 Å². The topological polar surface area (TPSA) is 62.2 Å². The van der Waals surface area contributed by atoms with Gasteiger partial charge in [0, 0.05) is 6.42 Å². The molecule has 0 N–H and O–H groups in total. The van der Waals surface area contributed by atoms with Gasteiger partial charge in [-0.2, -0.15) is 5.10 Å². The van der Waals surface area contributed by atoms with Crippen LogP contribution in [0.5, 0.6) is 0 Å². The van der Waals surface area contributed by atoms with Crippen molar-refractivity contribution in [2.24, 2.45) is 5.10 Å². The van der Waals surface area contributed by atoms with Crippen LogP contribution in [0.1, 0.15) is 55.3 Å². The van der Waals surface area contributed by atoms with Gasteiger partial charge in [0.2, 0.25) is 0 Å². The molecule has 0 aromatic heterocycles. The Balaban J connectivity index is 1.60. The molecule has 4 rings (SSSR count). The number of piperidine rings is 1. The number of nitrogens with zero attached hydrogens (tertiary/aromatic N) is 3. The Morgan fingerprint density at radius 2 is 1.97 bits per heavy atom. The van der Waals surface area contributed by atoms with Crippen molar-refractivity contribution in [2.75, 3.05) is 19.7 Å². The number of ether oxygens (including phenoxy) is 1. The van der Waals surface area contributed by atoms with Gasteiger partial charge in [-0.3, -0.25) is 14.5 Å². The van der Waals surface area contributed by atoms with Crippen LogP contribution in [0.15, 0.2) is 53.6 Å². The number of carbonyl (C=O) groups is 2. The first-order chi connectivity index (χ1) is 16.0. The van der Waals surface area contributed by atoms with E-state index in [9.17, 15) is 14.0 Å². The fourth-order valence-electron chi connectivity index (χ4n) is 4.64. The molecule has 174 valence electrons. The van der Waals surface area contributed by atoms with E-state index in [4.69, 9.17) is 9.84 Å². The molecule has 0 bridgehead atoms. The monoisotopic (exact) mass is 451 g/mol. The molecular formula is C26H30FN3O3. The third kappa shape index (κ3) is 5.30. The van der Waals surface area contributed by atoms with Gasteiger partial charge in [0.15, 0.2) is 0 Å². The molecule has 1 saturated heterocycles. The van der Waals surface area contributed by atoms with E-state index in [2.05, 4.69) is 0 Å². The molecule has 2 heterocycles. The predicted octanol–water partition coefficient (Wildman–Crippen LogP) is 4.23. The van der Waals surface area contributed by atoms with Crippen LogP contribution in [-0.2, 0) is 14.3 Å². The van der Waals surface area contributed by atoms with Gasteiger partial charge in [-0.15, -0.1) is 0 Å². The quantitative estimate of drug-likeness (QED) is 0.617. The standard InChI is InChI=1S/C26H30FN3O3/c1-3-33-26(32)23-12-4-5-13-29(23)17-25(31)30-24(20-10-7-11-21(27)15-20)16-22(28-30)19-9-6-8-18(2)14-19/h6-11,14-15,23-24H,3-5,12-13,16-17H2,1-2H3/t23-,24-/m0/s1. The van der Waals surface area contributed by atoms with E-state index in [1.54, 1.807) is 13.0 Å². The van der Waals surface area contributed by atoms with Crippen molar-refractivity contribution in [2.45, 2.75) is 51.6 Å². The first-order valence-corrected chi connectivity index (χ1v) is 11.6. The summed E-state index contributed by atoms with van der Waals surface area (Å²) in [5, 5.41) is 6.17. The molecular weight excluding hydrogens is 421 g/mol. The number of hydrogen-bond donors (Lipinski definition) is 0. The SMILES string of the molecule is CCOC(=O)[C@@H]1CCCCN1CC(=O)N1N=C(c2cccc(C)c2)C[C@H]1c1cccc(F)c1. The zero-order valence-corrected chi connectivity index (χ0v) is 19.2. The highest BCUT2D eigenvalue weighted by Crippen LogP contribution is 2.33. The van der Waals surface area contributed by atoms with Crippen LogP contribution in [0, 0.1) is 12.7 Å². The van der Waals surface area contributed by atoms with Gasteiger partial charge in [0.05, 0.1) is 24.9 Å². The number of benzene rings is 2. The van der Waals surface area contributed by atoms with Gasteiger partial charge < -0.3 is 4.74 Å². The molecule has 0 saturated carbocycles. The van der Waals surface area contributed by atoms with Crippen molar-refractivity contribution in [1.29, 1.82) is 0 Å². The maximum atomic E-state index is 14.0. The lowest BCUT2D eigenvalue weighted by molar-refractivity contribution is -0.152. The lowest BCUT2D eigenvalue weighted by atomic mass is 9.97. The second-order valence-corrected chi connectivity index (χ2v) is 8.66. The summed E-state index contributed by atoms with van der Waals surface area (Å²) in [6, 6.07) is 13.5. The molecule has 2 atom stereocenters. The number of halogens is 1. The summed E-state index contributed by atoms with van der Waals surface area (Å²) in [6.07, 6.45) is 3.03. The fourth-order valence-corrected chi connectivity index (χ4v) is 4.64. The van der Waals surface area contributed by atoms with Crippen molar-refractivity contribution in [3.8, 4) is 0 Å². The van der Waals surface area contributed by atoms with Crippen molar-refractivity contribution >= 4 is 17.6 Å². The molecule has 2 aliphatic rings. The number of likely N-dealkylation sites (tertiary alicyclic amines) is 1. The van der Waals surface area contributed by atoms with E-state index in [1.165, 1.54) is 17.1 Å². The van der Waals surface area contributed by atoms with E-state index in [1.807, 2.05) is 42.2 Å². The molecule has 0 aliphatic carbocycles. The Morgan fingerprint density at radius 3 is 2.73 bits per heavy atom. The second-order valence-electron chi connectivity index (χ2n) is 8.66. The molecule has 2 aromatic carbocycles. The molecule has 1 fully saturated rings. The number of carbonyl (C=O) groups excluding carboxylic acids is 2. The van der Waals surface area contributed by atoms with Crippen molar-refractivity contribution in [3.63, 3.8) is 0 Å². The van der Waals surface area contributed by atoms with Gasteiger partial charge in [-0.1, -0.05) is 48.4 Å². The normalized spacial score (nSPS) is 21.1. The average molecular weight is 452 g/mol. The molecule has 7 heteroatoms. The third-order valence-corrected chi connectivity index (χ3v) is 6.26. The second kappa shape index (κ2) is 10.3. The van der Waals surface area contributed by atoms with Crippen molar-refractivity contribution < 1.29 is 18.7 Å². The number of rotatable bonds is 6. The van der Waals surface area contributed by atoms with Crippen LogP contribution in [0.4, 0.5) is 4.39 Å². The summed E-state index contributed by atoms with van der Waals surface area (Å²) in [6.45, 7) is 4.83. The van der Waals surface area contributed by atoms with Gasteiger partial charge in [0.25, 0.3) is 5.91 Å². The average Bonchev–Trinajstić information content (AvgIpc) is 3.25. The summed E-state index contributed by atoms with van der Waals surface area (Å²) in [5.74, 6) is -0.831. The highest BCUT2D eigenvalue weighted by atomic mass is 19.1. The van der Waals surface area contributed by atoms with E-state index in [-0.39, 0.29) is 24.2 Å². The van der Waals surface area contributed by atoms with E-state index in [0.717, 1.165) is 29.7 Å². The first-order valence-electron chi connectivity index (χ1n) is 11.6. The zero-order chi connectivity index (χ0) is 23.4. The van der Waals surface area contributed by atoms with Crippen molar-refractivity contribution in [1.82, 2.24) is 9.91 Å². The largest absolute Gasteiger partial charge is 0.465 e. The Morgan fingerprint density at radius 1 is 1.15 bits per heavy atom. The molecule has 0 radical (unpaired) electrons. The van der Waals surface area contributed by atoms with Crippen LogP contribution >= 0.6 is 0 Å². The van der Waals surface area contributed by atoms with Gasteiger partial charge in [0.1, 0.15) is 11.9 Å². The molecule has 2 aromatic rings. The first kappa shape index (κ1) is 23.1. The summed E-state index contributed by atoms with van der Waals surface area (Å²) < 4.78 is 19.2. The van der Waals surface area contributed by atoms with E-state index >= 15 is 0 Å². The Bertz CT molecular complexity index is 1050. The predicted molar refractivity (Wildman–Crippen MR) is 124 cm³/mol. The molecule has 33 heavy (non-hydrogen) atoms. The summed E-state index contributed by atoms with van der Waals surface area (Å²) in [7, 11) is 0. The summed E-state index contributed by atoms with van der Waals surface area (Å²) >= 11 is 0. The molecule has 0 unspecified atom stereocenters. The van der Waals surface area contributed by atoms with Crippen LogP contribution < -0.4 is 0 Å². The highest BCUT2D eigenvalue weighted by Gasteiger charge is 2.37. The minimum atomic E-state index is -0.418. The molecule has 0 spiro atoms. The van der Waals surface area contributed by atoms with Gasteiger partial charge in [-0.05, 0) is 56.5 Å². The molecule has 2 aliphatic heterocycles. The maximum absolute atomic E-state index is 14.0. The van der Waals surface area contributed by atoms with E-state index in [0.29, 0.717) is 31.6 Å². The number of esters is 1. The minimum Gasteiger partial charge on any atom is -0.465 e. The third-order valence-electron chi connectivity index (χ3n) is 6.26. The van der Waals surface area contributed by atoms with Crippen LogP contribution in [-0.4, -0.2) is 53.2 Å². The van der Waals surface area contributed by atoms with Gasteiger partial charge >= 0.3 is 5.97 Å². The van der Waals surface area contributed by atoms with Crippen LogP contribution in [0.3, 0.4) is 0 Å². The Kier molecular flexibility index (Phi) is 7.18. The van der Waals surface area contributed by atoms with Crippen LogP contribution in [0.25, 0.3) is 0 Å². The zero-order valence-electron chi connectivity index (χ0n) is 19.2. The maximum Gasteiger partial charge on any atom is 0.323 e. The smallest absolute Gasteiger partial charge is 0.323 e. The summed E-state index contributed by atoms with van der Waals surface area (Å²) in [5.41, 5.74) is 3.55. The van der Waals surface area contributed by atoms with Crippen LogP contribution in [0.2, 0.25) is 0 Å². The number of hydrazone groups is 1. The Labute approximate surface area is 194 Å². The Hall–Kier alpha value is -3.06. The minimum absolute atomic E-state index is 0.0693. The van der Waals surface area contributed by atoms with Gasteiger partial charge in [-0.25, -0.2) is 9.40 Å². The highest BCUT2D eigenvalue weighted by molar-refractivity contribution is 6.03. The fraction of sp³-hybridized carbons (Fsp3) is 0.423. The number of hydrogen-bond acceptors (Lipinski definition) is 5. The lowest BCUT2D eigenvalue weighted by Gasteiger charge is -2.34. The van der Waals surface area contributed by atoms with Crippen molar-refractivity contribution in [3.05, 3.63) is 71.0 Å². The number of aryl methyl sites for hydroxylation is 1. The summed E-state index contributed by atoms with van der Waals surface area (Å²) in [4.78, 5) is 27.8.